The zero-order chi connectivity index (χ0) is 14.7. The minimum atomic E-state index is -0.733. The monoisotopic (exact) mass is 313 g/mol. The van der Waals surface area contributed by atoms with E-state index in [1.54, 1.807) is 6.92 Å². The van der Waals surface area contributed by atoms with Crippen LogP contribution < -0.4 is 5.56 Å². The Morgan fingerprint density at radius 3 is 2.70 bits per heavy atom. The third-order valence-corrected chi connectivity index (χ3v) is 2.82. The van der Waals surface area contributed by atoms with Crippen molar-refractivity contribution in [3.05, 3.63) is 44.4 Å². The molecule has 0 amide bonds. The van der Waals surface area contributed by atoms with E-state index >= 15 is 0 Å². The number of hydrogen-bond donors (Lipinski definition) is 1. The number of esters is 1. The van der Waals surface area contributed by atoms with Crippen molar-refractivity contribution in [3.63, 3.8) is 0 Å². The number of halogens is 2. The van der Waals surface area contributed by atoms with Crippen LogP contribution in [-0.4, -0.2) is 27.5 Å². The normalized spacial score (nSPS) is 10.3. The lowest BCUT2D eigenvalue weighted by Gasteiger charge is -2.04. The molecule has 1 N–H and O–H groups in total. The fraction of sp³-hybridized carbons (Fsp3) is 0.167. The Bertz CT molecular complexity index is 715. The molecule has 0 atom stereocenters. The molecule has 2 aromatic rings. The number of ether oxygens (including phenoxy) is 1. The van der Waals surface area contributed by atoms with Crippen LogP contribution in [0.3, 0.4) is 0 Å². The molecule has 2 aromatic heterocycles. The first-order valence-electron chi connectivity index (χ1n) is 5.60. The lowest BCUT2D eigenvalue weighted by Crippen LogP contribution is -2.21. The van der Waals surface area contributed by atoms with Crippen molar-refractivity contribution < 1.29 is 9.53 Å². The van der Waals surface area contributed by atoms with Crippen LogP contribution in [0.25, 0.3) is 11.5 Å². The van der Waals surface area contributed by atoms with Gasteiger partial charge in [0.25, 0.3) is 5.56 Å². The Morgan fingerprint density at radius 1 is 1.35 bits per heavy atom. The summed E-state index contributed by atoms with van der Waals surface area (Å²) in [6.07, 6.45) is 2.50. The van der Waals surface area contributed by atoms with Crippen LogP contribution in [0.15, 0.2) is 23.3 Å². The van der Waals surface area contributed by atoms with Crippen molar-refractivity contribution in [2.24, 2.45) is 0 Å². The number of nitrogens with zero attached hydrogens (tertiary/aromatic N) is 2. The van der Waals surface area contributed by atoms with Crippen molar-refractivity contribution in [2.75, 3.05) is 6.61 Å². The summed E-state index contributed by atoms with van der Waals surface area (Å²) in [6, 6.07) is 1.48. The number of H-pyrrole nitrogens is 1. The molecule has 0 fully saturated rings. The first kappa shape index (κ1) is 14.5. The third kappa shape index (κ3) is 2.97. The fourth-order valence-corrected chi connectivity index (χ4v) is 1.93. The Hall–Kier alpha value is -1.92. The van der Waals surface area contributed by atoms with E-state index in [1.807, 2.05) is 0 Å². The molecule has 0 aromatic carbocycles. The maximum atomic E-state index is 11.8. The minimum Gasteiger partial charge on any atom is -0.462 e. The summed E-state index contributed by atoms with van der Waals surface area (Å²) in [4.78, 5) is 33.7. The molecule has 6 nitrogen and oxygen atoms in total. The molecule has 0 spiro atoms. The average molecular weight is 314 g/mol. The van der Waals surface area contributed by atoms with Crippen LogP contribution in [-0.2, 0) is 4.74 Å². The van der Waals surface area contributed by atoms with E-state index in [9.17, 15) is 9.59 Å². The van der Waals surface area contributed by atoms with Gasteiger partial charge in [0.1, 0.15) is 11.3 Å². The lowest BCUT2D eigenvalue weighted by molar-refractivity contribution is 0.0524. The highest BCUT2D eigenvalue weighted by Gasteiger charge is 2.15. The molecule has 2 rings (SSSR count). The van der Waals surface area contributed by atoms with Crippen LogP contribution >= 0.6 is 23.2 Å². The molecule has 0 bridgehead atoms. The smallest absolute Gasteiger partial charge is 0.345 e. The predicted octanol–water partition coefficient (Wildman–Crippen LogP) is 2.32. The summed E-state index contributed by atoms with van der Waals surface area (Å²) in [7, 11) is 0. The van der Waals surface area contributed by atoms with Gasteiger partial charge in [-0.1, -0.05) is 23.2 Å². The topological polar surface area (TPSA) is 84.9 Å². The summed E-state index contributed by atoms with van der Waals surface area (Å²) >= 11 is 11.7. The quantitative estimate of drug-likeness (QED) is 0.879. The molecule has 0 aliphatic heterocycles. The van der Waals surface area contributed by atoms with Gasteiger partial charge in [-0.2, -0.15) is 0 Å². The molecular weight excluding hydrogens is 305 g/mol. The summed E-state index contributed by atoms with van der Waals surface area (Å²) < 4.78 is 4.74. The highest BCUT2D eigenvalue weighted by Crippen LogP contribution is 2.24. The van der Waals surface area contributed by atoms with Crippen LogP contribution in [0.2, 0.25) is 10.0 Å². The average Bonchev–Trinajstić information content (AvgIpc) is 2.38. The number of hydrogen-bond acceptors (Lipinski definition) is 5. The first-order chi connectivity index (χ1) is 9.52. The van der Waals surface area contributed by atoms with E-state index < -0.39 is 11.5 Å². The van der Waals surface area contributed by atoms with Crippen LogP contribution in [0.1, 0.15) is 17.3 Å². The number of pyridine rings is 1. The minimum absolute atomic E-state index is 0.143. The lowest BCUT2D eigenvalue weighted by atomic mass is 10.3. The highest BCUT2D eigenvalue weighted by atomic mass is 35.5. The maximum Gasteiger partial charge on any atom is 0.345 e. The summed E-state index contributed by atoms with van der Waals surface area (Å²) in [5.74, 6) is -0.590. The molecule has 2 heterocycles. The van der Waals surface area contributed by atoms with Crippen molar-refractivity contribution in [1.82, 2.24) is 15.0 Å². The molecule has 0 saturated heterocycles. The SMILES string of the molecule is CCOC(=O)c1cnc(-c2ncc(Cl)cc2Cl)[nH]c1=O. The van der Waals surface area contributed by atoms with Crippen molar-refractivity contribution >= 4 is 29.2 Å². The Kier molecular flexibility index (Phi) is 4.36. The van der Waals surface area contributed by atoms with Gasteiger partial charge in [0, 0.05) is 12.4 Å². The predicted molar refractivity (Wildman–Crippen MR) is 74.1 cm³/mol. The molecule has 0 radical (unpaired) electrons. The van der Waals surface area contributed by atoms with E-state index in [4.69, 9.17) is 27.9 Å². The zero-order valence-electron chi connectivity index (χ0n) is 10.3. The van der Waals surface area contributed by atoms with E-state index in [0.29, 0.717) is 5.02 Å². The second-order valence-corrected chi connectivity index (χ2v) is 4.52. The van der Waals surface area contributed by atoms with Gasteiger partial charge in [-0.25, -0.2) is 14.8 Å². The third-order valence-electron chi connectivity index (χ3n) is 2.33. The number of rotatable bonds is 3. The number of nitrogens with one attached hydrogen (secondary N) is 1. The second kappa shape index (κ2) is 6.02. The first-order valence-corrected chi connectivity index (χ1v) is 6.36. The molecule has 104 valence electrons. The van der Waals surface area contributed by atoms with E-state index in [0.717, 1.165) is 6.20 Å². The van der Waals surface area contributed by atoms with Gasteiger partial charge in [-0.3, -0.25) is 4.79 Å². The molecule has 20 heavy (non-hydrogen) atoms. The second-order valence-electron chi connectivity index (χ2n) is 3.68. The van der Waals surface area contributed by atoms with Gasteiger partial charge >= 0.3 is 5.97 Å². The fourth-order valence-electron chi connectivity index (χ4n) is 1.46. The summed E-state index contributed by atoms with van der Waals surface area (Å²) in [6.45, 7) is 1.82. The van der Waals surface area contributed by atoms with Gasteiger partial charge in [0.05, 0.1) is 16.7 Å². The van der Waals surface area contributed by atoms with Crippen LogP contribution in [0, 0.1) is 0 Å². The van der Waals surface area contributed by atoms with Crippen molar-refractivity contribution in [2.45, 2.75) is 6.92 Å². The molecule has 0 aliphatic rings. The number of carbonyl (C=O) groups excluding carboxylic acids is 1. The number of aromatic amines is 1. The van der Waals surface area contributed by atoms with E-state index in [-0.39, 0.29) is 28.7 Å². The maximum absolute atomic E-state index is 11.8. The summed E-state index contributed by atoms with van der Waals surface area (Å²) in [5.41, 5.74) is -0.537. The molecule has 0 saturated carbocycles. The van der Waals surface area contributed by atoms with Gasteiger partial charge in [0.2, 0.25) is 0 Å². The van der Waals surface area contributed by atoms with Crippen LogP contribution in [0.4, 0.5) is 0 Å². The van der Waals surface area contributed by atoms with E-state index in [2.05, 4.69) is 15.0 Å². The van der Waals surface area contributed by atoms with E-state index in [1.165, 1.54) is 12.3 Å². The Morgan fingerprint density at radius 2 is 2.10 bits per heavy atom. The number of aromatic nitrogens is 3. The Balaban J connectivity index is 2.43. The largest absolute Gasteiger partial charge is 0.462 e. The Labute approximate surface area is 123 Å². The molecule has 0 unspecified atom stereocenters. The molecular formula is C12H9Cl2N3O3. The highest BCUT2D eigenvalue weighted by molar-refractivity contribution is 6.35. The van der Waals surface area contributed by atoms with Crippen molar-refractivity contribution in [1.29, 1.82) is 0 Å². The van der Waals surface area contributed by atoms with Crippen LogP contribution in [0.5, 0.6) is 0 Å². The number of carbonyl (C=O) groups is 1. The van der Waals surface area contributed by atoms with Gasteiger partial charge in [0.15, 0.2) is 5.82 Å². The van der Waals surface area contributed by atoms with Gasteiger partial charge in [-0.05, 0) is 13.0 Å². The van der Waals surface area contributed by atoms with Gasteiger partial charge in [-0.15, -0.1) is 0 Å². The van der Waals surface area contributed by atoms with Gasteiger partial charge < -0.3 is 9.72 Å². The zero-order valence-corrected chi connectivity index (χ0v) is 11.8. The standard InChI is InChI=1S/C12H9Cl2N3O3/c1-2-20-12(19)7-5-16-10(17-11(7)18)9-8(14)3-6(13)4-15-9/h3-5H,2H2,1H3,(H,16,17,18). The molecule has 8 heteroatoms. The molecule has 0 aliphatic carbocycles. The van der Waals surface area contributed by atoms with Crippen molar-refractivity contribution in [3.8, 4) is 11.5 Å². The summed E-state index contributed by atoms with van der Waals surface area (Å²) in [5, 5.41) is 0.605.